The summed E-state index contributed by atoms with van der Waals surface area (Å²) in [5.74, 6) is -0.0947. The molecule has 4 nitrogen and oxygen atoms in total. The first-order chi connectivity index (χ1) is 8.58. The van der Waals surface area contributed by atoms with Gasteiger partial charge < -0.3 is 9.84 Å². The van der Waals surface area contributed by atoms with Crippen LogP contribution in [0.3, 0.4) is 0 Å². The number of halogens is 1. The average molecular weight is 314 g/mol. The molecular weight excluding hydrogens is 298 g/mol. The highest BCUT2D eigenvalue weighted by atomic mass is 79.9. The van der Waals surface area contributed by atoms with Crippen molar-refractivity contribution in [3.8, 4) is 5.75 Å². The molecule has 5 heteroatoms. The quantitative estimate of drug-likeness (QED) is 0.900. The summed E-state index contributed by atoms with van der Waals surface area (Å²) >= 11 is 3.44. The van der Waals surface area contributed by atoms with Gasteiger partial charge in [-0.3, -0.25) is 10.1 Å². The number of hydrogen-bond acceptors (Lipinski definition) is 3. The predicted octanol–water partition coefficient (Wildman–Crippen LogP) is 2.51. The molecule has 0 spiro atoms. The molecule has 0 saturated heterocycles. The van der Waals surface area contributed by atoms with E-state index in [4.69, 9.17) is 4.74 Å². The van der Waals surface area contributed by atoms with Crippen molar-refractivity contribution >= 4 is 21.9 Å². The molecule has 18 heavy (non-hydrogen) atoms. The Morgan fingerprint density at radius 1 is 1.61 bits per heavy atom. The van der Waals surface area contributed by atoms with E-state index < -0.39 is 12.0 Å². The van der Waals surface area contributed by atoms with Crippen molar-refractivity contribution in [2.24, 2.45) is 0 Å². The lowest BCUT2D eigenvalue weighted by Crippen LogP contribution is -2.42. The Morgan fingerprint density at radius 2 is 2.33 bits per heavy atom. The Hall–Kier alpha value is -1.07. The van der Waals surface area contributed by atoms with Gasteiger partial charge in [-0.25, -0.2) is 0 Å². The zero-order valence-corrected chi connectivity index (χ0v) is 12.0. The maximum atomic E-state index is 11.4. The maximum absolute atomic E-state index is 11.4. The molecule has 1 heterocycles. The second-order valence-electron chi connectivity index (χ2n) is 4.39. The average Bonchev–Trinajstić information content (AvgIpc) is 2.37. The summed E-state index contributed by atoms with van der Waals surface area (Å²) in [6.45, 7) is 2.05. The fraction of sp³-hybridized carbons (Fsp3) is 0.462. The zero-order chi connectivity index (χ0) is 13.3. The first-order valence-corrected chi connectivity index (χ1v) is 6.71. The number of rotatable bonds is 3. The summed E-state index contributed by atoms with van der Waals surface area (Å²) in [5, 5.41) is 12.5. The summed E-state index contributed by atoms with van der Waals surface area (Å²) in [6.07, 6.45) is 1.68. The third-order valence-corrected chi connectivity index (χ3v) is 4.05. The number of fused-ring (bicyclic) bond motifs is 1. The van der Waals surface area contributed by atoms with Crippen molar-refractivity contribution in [1.82, 2.24) is 5.32 Å². The number of carboxylic acids is 1. The first-order valence-electron chi connectivity index (χ1n) is 5.92. The SMILES string of the molecule is CCC1Cc2c(OC)ccc(Br)c2C(C(=O)O)N1. The molecule has 0 aliphatic carbocycles. The largest absolute Gasteiger partial charge is 0.496 e. The Kier molecular flexibility index (Phi) is 3.92. The number of methoxy groups -OCH3 is 1. The Balaban J connectivity index is 2.57. The summed E-state index contributed by atoms with van der Waals surface area (Å²) in [5.41, 5.74) is 1.77. The fourth-order valence-electron chi connectivity index (χ4n) is 2.41. The molecule has 2 unspecified atom stereocenters. The number of hydrogen-bond donors (Lipinski definition) is 2. The topological polar surface area (TPSA) is 58.6 Å². The summed E-state index contributed by atoms with van der Waals surface area (Å²) in [7, 11) is 1.61. The van der Waals surface area contributed by atoms with E-state index in [1.807, 2.05) is 19.1 Å². The molecule has 0 aromatic heterocycles. The fourth-order valence-corrected chi connectivity index (χ4v) is 3.01. The van der Waals surface area contributed by atoms with E-state index in [0.29, 0.717) is 0 Å². The van der Waals surface area contributed by atoms with Crippen molar-refractivity contribution < 1.29 is 14.6 Å². The van der Waals surface area contributed by atoms with Gasteiger partial charge in [0.1, 0.15) is 11.8 Å². The number of ether oxygens (including phenoxy) is 1. The van der Waals surface area contributed by atoms with Crippen LogP contribution in [0.1, 0.15) is 30.5 Å². The lowest BCUT2D eigenvalue weighted by molar-refractivity contribution is -0.140. The molecule has 1 aliphatic rings. The van der Waals surface area contributed by atoms with Gasteiger partial charge in [-0.2, -0.15) is 0 Å². The molecule has 1 aromatic rings. The Bertz CT molecular complexity index is 476. The van der Waals surface area contributed by atoms with E-state index >= 15 is 0 Å². The number of aliphatic carboxylic acids is 1. The van der Waals surface area contributed by atoms with Crippen LogP contribution in [0.25, 0.3) is 0 Å². The van der Waals surface area contributed by atoms with Gasteiger partial charge in [0.2, 0.25) is 0 Å². The third-order valence-electron chi connectivity index (χ3n) is 3.36. The van der Waals surface area contributed by atoms with Crippen LogP contribution < -0.4 is 10.1 Å². The van der Waals surface area contributed by atoms with Crippen LogP contribution >= 0.6 is 15.9 Å². The maximum Gasteiger partial charge on any atom is 0.325 e. The smallest absolute Gasteiger partial charge is 0.325 e. The van der Waals surface area contributed by atoms with Gasteiger partial charge in [0, 0.05) is 21.6 Å². The molecule has 0 amide bonds. The third kappa shape index (κ3) is 2.24. The van der Waals surface area contributed by atoms with E-state index in [1.165, 1.54) is 0 Å². The van der Waals surface area contributed by atoms with E-state index in [1.54, 1.807) is 7.11 Å². The zero-order valence-electron chi connectivity index (χ0n) is 10.4. The standard InChI is InChI=1S/C13H16BrNO3/c1-3-7-6-8-10(18-2)5-4-9(14)11(8)12(15-7)13(16)17/h4-5,7,12,15H,3,6H2,1-2H3,(H,16,17). The first kappa shape index (κ1) is 13.4. The highest BCUT2D eigenvalue weighted by Crippen LogP contribution is 2.38. The molecule has 0 bridgehead atoms. The molecule has 1 aromatic carbocycles. The normalized spacial score (nSPS) is 22.4. The molecule has 0 fully saturated rings. The van der Waals surface area contributed by atoms with Crippen LogP contribution in [0.5, 0.6) is 5.75 Å². The van der Waals surface area contributed by atoms with E-state index in [9.17, 15) is 9.90 Å². The highest BCUT2D eigenvalue weighted by molar-refractivity contribution is 9.10. The highest BCUT2D eigenvalue weighted by Gasteiger charge is 2.33. The molecule has 98 valence electrons. The van der Waals surface area contributed by atoms with Crippen LogP contribution in [0.4, 0.5) is 0 Å². The van der Waals surface area contributed by atoms with Crippen LogP contribution in [0, 0.1) is 0 Å². The van der Waals surface area contributed by atoms with Crippen molar-refractivity contribution in [3.05, 3.63) is 27.7 Å². The molecule has 1 aliphatic heterocycles. The number of nitrogens with one attached hydrogen (secondary N) is 1. The number of carboxylic acid groups (broad SMARTS) is 1. The van der Waals surface area contributed by atoms with Gasteiger partial charge in [-0.15, -0.1) is 0 Å². The minimum atomic E-state index is -0.858. The molecule has 2 N–H and O–H groups in total. The van der Waals surface area contributed by atoms with Crippen molar-refractivity contribution in [2.45, 2.75) is 31.8 Å². The minimum Gasteiger partial charge on any atom is -0.496 e. The summed E-state index contributed by atoms with van der Waals surface area (Å²) < 4.78 is 6.16. The van der Waals surface area contributed by atoms with Gasteiger partial charge in [-0.1, -0.05) is 22.9 Å². The predicted molar refractivity (Wildman–Crippen MR) is 72.0 cm³/mol. The molecule has 0 saturated carbocycles. The lowest BCUT2D eigenvalue weighted by atomic mass is 9.88. The molecule has 0 radical (unpaired) electrons. The van der Waals surface area contributed by atoms with Crippen LogP contribution in [0.2, 0.25) is 0 Å². The number of carbonyl (C=O) groups is 1. The van der Waals surface area contributed by atoms with Crippen LogP contribution in [-0.4, -0.2) is 24.2 Å². The van der Waals surface area contributed by atoms with Crippen molar-refractivity contribution in [3.63, 3.8) is 0 Å². The molecule has 2 rings (SSSR count). The number of benzene rings is 1. The second kappa shape index (κ2) is 5.28. The van der Waals surface area contributed by atoms with Crippen molar-refractivity contribution in [2.75, 3.05) is 7.11 Å². The van der Waals surface area contributed by atoms with Gasteiger partial charge in [-0.05, 0) is 25.0 Å². The second-order valence-corrected chi connectivity index (χ2v) is 5.24. The monoisotopic (exact) mass is 313 g/mol. The Labute approximate surface area is 114 Å². The van der Waals surface area contributed by atoms with Crippen LogP contribution in [0.15, 0.2) is 16.6 Å². The van der Waals surface area contributed by atoms with E-state index in [0.717, 1.165) is 34.2 Å². The molecule has 2 atom stereocenters. The lowest BCUT2D eigenvalue weighted by Gasteiger charge is -2.32. The van der Waals surface area contributed by atoms with Gasteiger partial charge in [0.05, 0.1) is 7.11 Å². The summed E-state index contributed by atoms with van der Waals surface area (Å²) in [6, 6.07) is 3.20. The summed E-state index contributed by atoms with van der Waals surface area (Å²) in [4.78, 5) is 11.4. The van der Waals surface area contributed by atoms with Gasteiger partial charge in [0.15, 0.2) is 0 Å². The van der Waals surface area contributed by atoms with Crippen LogP contribution in [-0.2, 0) is 11.2 Å². The minimum absolute atomic E-state index is 0.168. The van der Waals surface area contributed by atoms with E-state index in [-0.39, 0.29) is 6.04 Å². The van der Waals surface area contributed by atoms with Crippen molar-refractivity contribution in [1.29, 1.82) is 0 Å². The molecular formula is C13H16BrNO3. The van der Waals surface area contributed by atoms with E-state index in [2.05, 4.69) is 21.2 Å². The Morgan fingerprint density at radius 3 is 2.89 bits per heavy atom. The van der Waals surface area contributed by atoms with Gasteiger partial charge in [0.25, 0.3) is 0 Å². The van der Waals surface area contributed by atoms with Gasteiger partial charge >= 0.3 is 5.97 Å².